The Kier molecular flexibility index (Phi) is 3.45. The molecule has 0 aliphatic heterocycles. The third-order valence-electron chi connectivity index (χ3n) is 1.50. The fraction of sp³-hybridized carbons (Fsp3) is 0.167. The van der Waals surface area contributed by atoms with Crippen LogP contribution in [-0.4, -0.2) is 18.5 Å². The third-order valence-corrected chi connectivity index (χ3v) is 3.88. The van der Waals surface area contributed by atoms with Gasteiger partial charge in [-0.25, -0.2) is 27.3 Å². The second kappa shape index (κ2) is 4.14. The Balaban J connectivity index is 3.48. The Labute approximate surface area is 97.5 Å². The quantitative estimate of drug-likeness (QED) is 0.778. The van der Waals surface area contributed by atoms with E-state index in [1.807, 2.05) is 0 Å². The van der Waals surface area contributed by atoms with E-state index in [0.717, 1.165) is 0 Å². The molecule has 0 amide bonds. The van der Waals surface area contributed by atoms with Crippen LogP contribution in [0.25, 0.3) is 0 Å². The zero-order valence-corrected chi connectivity index (χ0v) is 9.96. The summed E-state index contributed by atoms with van der Waals surface area (Å²) >= 11 is 1.41. The molecule has 1 aromatic rings. The highest BCUT2D eigenvalue weighted by Gasteiger charge is 2.23. The summed E-state index contributed by atoms with van der Waals surface area (Å²) in [6.45, 7) is 0. The van der Waals surface area contributed by atoms with Crippen LogP contribution in [0.5, 0.6) is 5.75 Å². The van der Waals surface area contributed by atoms with E-state index >= 15 is 0 Å². The van der Waals surface area contributed by atoms with Crippen molar-refractivity contribution in [2.45, 2.75) is 11.3 Å². The van der Waals surface area contributed by atoms with Crippen molar-refractivity contribution < 1.29 is 22.3 Å². The van der Waals surface area contributed by atoms with Gasteiger partial charge in [0.2, 0.25) is 10.0 Å². The largest absolute Gasteiger partial charge is 0.505 e. The van der Waals surface area contributed by atoms with E-state index in [1.54, 1.807) is 0 Å². The number of aromatic nitrogens is 1. The number of hydrogen-bond donors (Lipinski definition) is 2. The number of sulfonamides is 1. The minimum atomic E-state index is -4.07. The van der Waals surface area contributed by atoms with Gasteiger partial charge in [0.1, 0.15) is 10.6 Å². The number of hydrogen-bond acceptors (Lipinski definition) is 4. The minimum absolute atomic E-state index is 0.264. The number of halogens is 3. The van der Waals surface area contributed by atoms with Crippen molar-refractivity contribution in [2.24, 2.45) is 5.14 Å². The second-order valence-corrected chi connectivity index (χ2v) is 5.12. The fourth-order valence-electron chi connectivity index (χ4n) is 0.833. The summed E-state index contributed by atoms with van der Waals surface area (Å²) in [5.74, 6) is -0.864. The summed E-state index contributed by atoms with van der Waals surface area (Å²) in [4.78, 5) is 2.66. The van der Waals surface area contributed by atoms with Gasteiger partial charge in [0.05, 0.1) is 3.57 Å². The molecule has 0 aliphatic carbocycles. The highest BCUT2D eigenvalue weighted by atomic mass is 127. The van der Waals surface area contributed by atoms with Gasteiger partial charge in [-0.1, -0.05) is 0 Å². The van der Waals surface area contributed by atoms with E-state index in [1.165, 1.54) is 22.6 Å². The zero-order chi connectivity index (χ0) is 11.8. The summed E-state index contributed by atoms with van der Waals surface area (Å²) in [6.07, 6.45) is -2.29. The van der Waals surface area contributed by atoms with Crippen molar-refractivity contribution >= 4 is 32.6 Å². The molecule has 15 heavy (non-hydrogen) atoms. The average molecular weight is 350 g/mol. The van der Waals surface area contributed by atoms with Crippen LogP contribution in [0.15, 0.2) is 11.1 Å². The third kappa shape index (κ3) is 2.52. The number of alkyl halides is 2. The lowest BCUT2D eigenvalue weighted by molar-refractivity contribution is 0.141. The normalized spacial score (nSPS) is 12.1. The highest BCUT2D eigenvalue weighted by molar-refractivity contribution is 14.1. The monoisotopic (exact) mass is 350 g/mol. The summed E-state index contributed by atoms with van der Waals surface area (Å²) in [7, 11) is -4.07. The topological polar surface area (TPSA) is 93.3 Å². The molecule has 0 bridgehead atoms. The molecule has 1 heterocycles. The Hall–Kier alpha value is -0.550. The van der Waals surface area contributed by atoms with E-state index in [4.69, 9.17) is 5.14 Å². The van der Waals surface area contributed by atoms with Gasteiger partial charge in [0, 0.05) is 6.20 Å². The van der Waals surface area contributed by atoms with Crippen molar-refractivity contribution in [3.8, 4) is 5.75 Å². The lowest BCUT2D eigenvalue weighted by Crippen LogP contribution is -2.14. The van der Waals surface area contributed by atoms with Gasteiger partial charge < -0.3 is 5.11 Å². The van der Waals surface area contributed by atoms with Gasteiger partial charge in [-0.15, -0.1) is 0 Å². The standard InChI is InChI=1S/C6H5F2IN2O3S/c7-6(8)4-5(12)3(9)2(1-11-4)15(10,13)14/h1,6,12H,(H2,10,13,14). The number of nitrogens with two attached hydrogens (primary N) is 1. The Bertz CT molecular complexity index is 491. The van der Waals surface area contributed by atoms with E-state index in [2.05, 4.69) is 4.98 Å². The Morgan fingerprint density at radius 1 is 1.53 bits per heavy atom. The first-order chi connectivity index (χ1) is 6.75. The fourth-order valence-corrected chi connectivity index (χ4v) is 2.72. The Morgan fingerprint density at radius 3 is 2.47 bits per heavy atom. The van der Waals surface area contributed by atoms with Crippen LogP contribution in [0.2, 0.25) is 0 Å². The van der Waals surface area contributed by atoms with Gasteiger partial charge in [-0.05, 0) is 22.6 Å². The predicted octanol–water partition coefficient (Wildman–Crippen LogP) is 0.977. The molecule has 0 aliphatic rings. The molecule has 0 fully saturated rings. The molecule has 0 spiro atoms. The maximum Gasteiger partial charge on any atom is 0.284 e. The number of nitrogens with zero attached hydrogens (tertiary/aromatic N) is 1. The Morgan fingerprint density at radius 2 is 2.07 bits per heavy atom. The van der Waals surface area contributed by atoms with Crippen molar-refractivity contribution in [2.75, 3.05) is 0 Å². The maximum atomic E-state index is 12.2. The van der Waals surface area contributed by atoms with Crippen LogP contribution >= 0.6 is 22.6 Å². The molecule has 9 heteroatoms. The van der Waals surface area contributed by atoms with Gasteiger partial charge in [0.25, 0.3) is 6.43 Å². The lowest BCUT2D eigenvalue weighted by atomic mass is 10.3. The molecule has 84 valence electrons. The van der Waals surface area contributed by atoms with Gasteiger partial charge >= 0.3 is 0 Å². The first kappa shape index (κ1) is 12.5. The lowest BCUT2D eigenvalue weighted by Gasteiger charge is -2.07. The molecule has 1 aromatic heterocycles. The molecule has 0 atom stereocenters. The molecule has 3 N–H and O–H groups in total. The number of aromatic hydroxyl groups is 1. The number of primary sulfonamides is 1. The summed E-state index contributed by atoms with van der Waals surface area (Å²) in [6, 6.07) is 0. The number of rotatable bonds is 2. The van der Waals surface area contributed by atoms with Crippen molar-refractivity contribution in [1.82, 2.24) is 4.98 Å². The van der Waals surface area contributed by atoms with Gasteiger partial charge in [-0.3, -0.25) is 0 Å². The summed E-state index contributed by atoms with van der Waals surface area (Å²) in [5.41, 5.74) is -0.869. The summed E-state index contributed by atoms with van der Waals surface area (Å²) < 4.78 is 46.0. The predicted molar refractivity (Wildman–Crippen MR) is 54.9 cm³/mol. The van der Waals surface area contributed by atoms with Crippen LogP contribution in [0.1, 0.15) is 12.1 Å². The molecular formula is C6H5F2IN2O3S. The van der Waals surface area contributed by atoms with Gasteiger partial charge in [-0.2, -0.15) is 0 Å². The smallest absolute Gasteiger partial charge is 0.284 e. The van der Waals surface area contributed by atoms with Crippen LogP contribution in [-0.2, 0) is 10.0 Å². The molecule has 1 rings (SSSR count). The van der Waals surface area contributed by atoms with E-state index in [9.17, 15) is 22.3 Å². The van der Waals surface area contributed by atoms with Crippen molar-refractivity contribution in [3.05, 3.63) is 15.5 Å². The van der Waals surface area contributed by atoms with Crippen LogP contribution in [0, 0.1) is 3.57 Å². The average Bonchev–Trinajstić information content (AvgIpc) is 2.06. The summed E-state index contributed by atoms with van der Waals surface area (Å²) in [5, 5.41) is 14.0. The first-order valence-electron chi connectivity index (χ1n) is 3.43. The second-order valence-electron chi connectivity index (χ2n) is 2.52. The van der Waals surface area contributed by atoms with Gasteiger partial charge in [0.15, 0.2) is 5.75 Å². The molecule has 0 saturated carbocycles. The molecule has 0 unspecified atom stereocenters. The van der Waals surface area contributed by atoms with Crippen molar-refractivity contribution in [1.29, 1.82) is 0 Å². The van der Waals surface area contributed by atoms with E-state index in [-0.39, 0.29) is 3.57 Å². The molecular weight excluding hydrogens is 345 g/mol. The van der Waals surface area contributed by atoms with Crippen LogP contribution in [0.3, 0.4) is 0 Å². The van der Waals surface area contributed by atoms with E-state index in [0.29, 0.717) is 6.20 Å². The first-order valence-corrected chi connectivity index (χ1v) is 6.06. The highest BCUT2D eigenvalue weighted by Crippen LogP contribution is 2.33. The SMILES string of the molecule is NS(=O)(=O)c1cnc(C(F)F)c(O)c1I. The zero-order valence-electron chi connectivity index (χ0n) is 6.99. The molecule has 0 aromatic carbocycles. The maximum absolute atomic E-state index is 12.2. The van der Waals surface area contributed by atoms with Crippen LogP contribution in [0.4, 0.5) is 8.78 Å². The van der Waals surface area contributed by atoms with Crippen molar-refractivity contribution in [3.63, 3.8) is 0 Å². The minimum Gasteiger partial charge on any atom is -0.505 e. The van der Waals surface area contributed by atoms with E-state index < -0.39 is 32.8 Å². The molecule has 5 nitrogen and oxygen atoms in total. The number of pyridine rings is 1. The molecule has 0 saturated heterocycles. The van der Waals surface area contributed by atoms with Crippen LogP contribution < -0.4 is 5.14 Å². The molecule has 0 radical (unpaired) electrons.